The van der Waals surface area contributed by atoms with Crippen LogP contribution in [0.3, 0.4) is 0 Å². The fourth-order valence-corrected chi connectivity index (χ4v) is 11.8. The van der Waals surface area contributed by atoms with Crippen LogP contribution in [0, 0.1) is 39.4 Å². The van der Waals surface area contributed by atoms with Gasteiger partial charge in [0.25, 0.3) is 0 Å². The Kier molecular flexibility index (Phi) is 24.7. The molecule has 0 amide bonds. The molecule has 1 aliphatic carbocycles. The van der Waals surface area contributed by atoms with Gasteiger partial charge >= 0.3 is 35.8 Å². The number of ether oxygens (including phenoxy) is 8. The summed E-state index contributed by atoms with van der Waals surface area (Å²) in [6.07, 6.45) is 14.8. The zero-order valence-corrected chi connectivity index (χ0v) is 55.9. The molecular formula is C79H69N5O14S. The third kappa shape index (κ3) is 18.7. The van der Waals surface area contributed by atoms with E-state index in [1.807, 2.05) is 145 Å². The van der Waals surface area contributed by atoms with Crippen LogP contribution in [0.1, 0.15) is 72.4 Å². The molecule has 0 spiro atoms. The van der Waals surface area contributed by atoms with Crippen molar-refractivity contribution in [3.63, 3.8) is 0 Å². The summed E-state index contributed by atoms with van der Waals surface area (Å²) in [4.78, 5) is 80.4. The van der Waals surface area contributed by atoms with Crippen molar-refractivity contribution in [1.82, 2.24) is 0 Å². The lowest BCUT2D eigenvalue weighted by Crippen LogP contribution is -2.28. The molecule has 99 heavy (non-hydrogen) atoms. The first-order valence-corrected chi connectivity index (χ1v) is 31.9. The molecule has 1 aliphatic heterocycles. The van der Waals surface area contributed by atoms with E-state index in [0.717, 1.165) is 68.7 Å². The number of esters is 6. The maximum atomic E-state index is 13.7. The second kappa shape index (κ2) is 33.8. The Morgan fingerprint density at radius 1 is 0.596 bits per heavy atom. The fourth-order valence-electron chi connectivity index (χ4n) is 10.8. The van der Waals surface area contributed by atoms with E-state index >= 15 is 0 Å². The minimum Gasteiger partial charge on any atom is -0.497 e. The number of thioether (sulfide) groups is 1. The summed E-state index contributed by atoms with van der Waals surface area (Å²) in [5.74, 6) is -4.11. The predicted molar refractivity (Wildman–Crippen MR) is 377 cm³/mol. The summed E-state index contributed by atoms with van der Waals surface area (Å²) in [6.45, 7) is 22.5. The maximum Gasteiger partial charge on any atom is 0.338 e. The number of hydrogen-bond donors (Lipinski definition) is 0. The molecule has 0 N–H and O–H groups in total. The second-order valence-electron chi connectivity index (χ2n) is 22.8. The van der Waals surface area contributed by atoms with Crippen molar-refractivity contribution in [2.75, 3.05) is 49.0 Å². The summed E-state index contributed by atoms with van der Waals surface area (Å²) >= 11 is 1.48. The Morgan fingerprint density at radius 2 is 1.08 bits per heavy atom. The summed E-state index contributed by atoms with van der Waals surface area (Å²) in [7, 11) is 1.61. The smallest absolute Gasteiger partial charge is 0.338 e. The van der Waals surface area contributed by atoms with E-state index in [4.69, 9.17) is 37.9 Å². The van der Waals surface area contributed by atoms with Gasteiger partial charge in [-0.1, -0.05) is 113 Å². The van der Waals surface area contributed by atoms with Crippen LogP contribution in [0.25, 0.3) is 6.08 Å². The molecule has 20 heteroatoms. The molecule has 1 atom stereocenters. The highest BCUT2D eigenvalue weighted by atomic mass is 32.2. The predicted octanol–water partition coefficient (Wildman–Crippen LogP) is 15.4. The van der Waals surface area contributed by atoms with Gasteiger partial charge < -0.3 is 47.7 Å². The normalized spacial score (nSPS) is 14.9. The van der Waals surface area contributed by atoms with Crippen LogP contribution >= 0.6 is 11.8 Å². The molecular weight excluding hydrogens is 1270 g/mol. The number of carbonyl (C=O) groups is 6. The van der Waals surface area contributed by atoms with Crippen molar-refractivity contribution in [3.8, 4) is 47.0 Å². The minimum atomic E-state index is -1.25. The van der Waals surface area contributed by atoms with Crippen LogP contribution in [-0.2, 0) is 39.0 Å². The van der Waals surface area contributed by atoms with Gasteiger partial charge in [-0.05, 0) is 139 Å². The number of anilines is 4. The minimum absolute atomic E-state index is 0.0155. The van der Waals surface area contributed by atoms with E-state index in [1.165, 1.54) is 48.2 Å². The fraction of sp³-hybridized carbons (Fsp3) is 0.177. The number of methoxy groups -OCH3 is 1. The summed E-state index contributed by atoms with van der Waals surface area (Å²) in [5, 5.41) is 30.5. The highest BCUT2D eigenvalue weighted by Crippen LogP contribution is 2.49. The van der Waals surface area contributed by atoms with Crippen molar-refractivity contribution < 1.29 is 66.7 Å². The number of nitrogens with zero attached hydrogens (tertiary/aromatic N) is 5. The van der Waals surface area contributed by atoms with Gasteiger partial charge in [0, 0.05) is 82.0 Å². The number of likely N-dealkylation sites (N-methyl/N-ethyl adjacent to an activating group) is 1. The Hall–Kier alpha value is -12.4. The Labute approximate surface area is 578 Å². The van der Waals surface area contributed by atoms with E-state index in [-0.39, 0.29) is 75.4 Å². The second-order valence-corrected chi connectivity index (χ2v) is 23.9. The van der Waals surface area contributed by atoms with Crippen LogP contribution in [-0.4, -0.2) is 75.0 Å². The van der Waals surface area contributed by atoms with Gasteiger partial charge in [-0.2, -0.15) is 15.8 Å². The van der Waals surface area contributed by atoms with Gasteiger partial charge in [-0.25, -0.2) is 28.8 Å². The van der Waals surface area contributed by atoms with Gasteiger partial charge in [-0.3, -0.25) is 0 Å². The van der Waals surface area contributed by atoms with Crippen LogP contribution in [0.5, 0.6) is 28.7 Å². The van der Waals surface area contributed by atoms with Gasteiger partial charge in [0.2, 0.25) is 0 Å². The van der Waals surface area contributed by atoms with Gasteiger partial charge in [0.1, 0.15) is 65.7 Å². The standard InChI is InChI=1S/C79H69N5O14S/c1-10-70(85)94-64-41-55(42-65(45-64)95-71(86)11-2)76(89)92-38-37-83(14-5)59-29-31-61(32-30-59)84(62-33-35-63(91-9)36-34-62)60-27-24-52(25-28-60)23-26-54-48-78(6,7)47-53(19-18-22-69-68(51-82)74(57(49-80)50-81)98-79(69,8)58-20-16-15-17-21-58)75(54)99-40-39-93-77(90)56-43-66(96-72(87)12-3)46-67(44-56)97-73(88)13-4/h10-13,15-36,41-46H,1-4,14,37-40,47-48H2,5-9H3/b22-18+,26-23+,53-19+. The number of carbonyl (C=O) groups excluding carboxylic acids is 6. The van der Waals surface area contributed by atoms with Crippen molar-refractivity contribution in [2.24, 2.45) is 5.41 Å². The SMILES string of the molecule is C=CC(=O)Oc1cc(OC(=O)C=C)cc(C(=O)OCCSC2=C(/C=C/c3ccc(N(c4ccc(OC)cc4)c4ccc(N(CC)CCOC(=O)c5cc(OC(=O)C=C)cc(OC(=O)C=C)c5)cc4)cc3)CC(C)(C)C/C2=C\C=C\C2=C(C#N)C(=C(C#N)C#N)OC2(C)c2ccccc2)c1. The number of allylic oxidation sites excluding steroid dienone is 7. The van der Waals surface area contributed by atoms with Crippen molar-refractivity contribution in [2.45, 2.75) is 46.1 Å². The zero-order chi connectivity index (χ0) is 71.2. The lowest BCUT2D eigenvalue weighted by molar-refractivity contribution is -0.130. The molecule has 1 heterocycles. The van der Waals surface area contributed by atoms with E-state index in [9.17, 15) is 44.6 Å². The maximum absolute atomic E-state index is 13.7. The number of nitriles is 3. The quantitative estimate of drug-likeness (QED) is 0.0145. The first kappa shape index (κ1) is 72.4. The molecule has 1 unspecified atom stereocenters. The molecule has 2 aliphatic rings. The lowest BCUT2D eigenvalue weighted by Gasteiger charge is -2.34. The van der Waals surface area contributed by atoms with Crippen LogP contribution in [0.4, 0.5) is 22.7 Å². The molecule has 6 aromatic carbocycles. The zero-order valence-electron chi connectivity index (χ0n) is 55.1. The van der Waals surface area contributed by atoms with Crippen LogP contribution in [0.2, 0.25) is 0 Å². The third-order valence-electron chi connectivity index (χ3n) is 15.4. The lowest BCUT2D eigenvalue weighted by atomic mass is 9.74. The Balaban J connectivity index is 1.09. The molecule has 8 rings (SSSR count). The third-order valence-corrected chi connectivity index (χ3v) is 16.6. The topological polar surface area (TPSA) is 254 Å². The summed E-state index contributed by atoms with van der Waals surface area (Å²) in [6, 6.07) is 46.7. The molecule has 0 saturated heterocycles. The molecule has 500 valence electrons. The van der Waals surface area contributed by atoms with Crippen molar-refractivity contribution in [3.05, 3.63) is 275 Å². The number of benzene rings is 6. The van der Waals surface area contributed by atoms with E-state index in [0.29, 0.717) is 42.8 Å². The highest BCUT2D eigenvalue weighted by molar-refractivity contribution is 8.03. The van der Waals surface area contributed by atoms with E-state index in [2.05, 4.69) is 57.2 Å². The molecule has 0 aromatic heterocycles. The number of rotatable bonds is 28. The average Bonchev–Trinajstić information content (AvgIpc) is 1.61. The number of hydrogen-bond acceptors (Lipinski definition) is 20. The largest absolute Gasteiger partial charge is 0.497 e. The Bertz CT molecular complexity index is 4370. The van der Waals surface area contributed by atoms with Crippen molar-refractivity contribution in [1.29, 1.82) is 15.8 Å². The monoisotopic (exact) mass is 1340 g/mol. The van der Waals surface area contributed by atoms with Gasteiger partial charge in [0.05, 0.1) is 24.8 Å². The highest BCUT2D eigenvalue weighted by Gasteiger charge is 2.44. The molecule has 6 aromatic rings. The van der Waals surface area contributed by atoms with E-state index in [1.54, 1.807) is 20.1 Å². The van der Waals surface area contributed by atoms with Gasteiger partial charge in [-0.15, -0.1) is 11.8 Å². The summed E-state index contributed by atoms with van der Waals surface area (Å²) < 4.78 is 44.3. The molecule has 19 nitrogen and oxygen atoms in total. The van der Waals surface area contributed by atoms with Crippen LogP contribution < -0.4 is 33.5 Å². The Morgan fingerprint density at radius 3 is 1.56 bits per heavy atom. The first-order chi connectivity index (χ1) is 47.7. The molecule has 0 fully saturated rings. The molecule has 0 radical (unpaired) electrons. The average molecular weight is 1340 g/mol. The van der Waals surface area contributed by atoms with Crippen LogP contribution in [0.15, 0.2) is 253 Å². The summed E-state index contributed by atoms with van der Waals surface area (Å²) in [5.41, 5.74) is 5.50. The molecule has 0 bridgehead atoms. The first-order valence-electron chi connectivity index (χ1n) is 31.0. The van der Waals surface area contributed by atoms with Gasteiger partial charge in [0.15, 0.2) is 16.9 Å². The van der Waals surface area contributed by atoms with E-state index < -0.39 is 41.4 Å². The van der Waals surface area contributed by atoms with Crippen molar-refractivity contribution >= 4 is 76.4 Å². The molecule has 0 saturated carbocycles.